The molecular formula is C44H50N4O12. The van der Waals surface area contributed by atoms with Gasteiger partial charge in [0.25, 0.3) is 0 Å². The van der Waals surface area contributed by atoms with Crippen molar-refractivity contribution in [2.24, 2.45) is 5.73 Å². The number of amides is 4. The largest absolute Gasteiger partial charge is 0.485 e. The Morgan fingerprint density at radius 1 is 0.600 bits per heavy atom. The van der Waals surface area contributed by atoms with Crippen molar-refractivity contribution in [1.82, 2.24) is 16.0 Å². The Hall–Kier alpha value is -7.10. The lowest BCUT2D eigenvalue weighted by Crippen LogP contribution is -2.54. The highest BCUT2D eigenvalue weighted by Gasteiger charge is 2.30. The zero-order chi connectivity index (χ0) is 43.7. The molecular weight excluding hydrogens is 776 g/mol. The van der Waals surface area contributed by atoms with Crippen LogP contribution >= 0.6 is 0 Å². The summed E-state index contributed by atoms with van der Waals surface area (Å²) in [6.07, 6.45) is -2.32. The SMILES string of the molecule is COC(=O)[C@H](Cc1ccc(OCc2ccccc2)c(Oc2ccc(C[C@H](NC(=O)[C@H](CC(N)=O)NC(=O)OC(C)(C)C)C(=O)OC)cc2)c1)NC(=O)OCc1ccccc1. The van der Waals surface area contributed by atoms with Gasteiger partial charge in [-0.2, -0.15) is 0 Å². The molecule has 0 fully saturated rings. The lowest BCUT2D eigenvalue weighted by Gasteiger charge is -2.24. The van der Waals surface area contributed by atoms with Gasteiger partial charge in [-0.25, -0.2) is 19.2 Å². The Balaban J connectivity index is 1.51. The van der Waals surface area contributed by atoms with Crippen LogP contribution in [0.3, 0.4) is 0 Å². The zero-order valence-corrected chi connectivity index (χ0v) is 34.1. The highest BCUT2D eigenvalue weighted by Crippen LogP contribution is 2.34. The monoisotopic (exact) mass is 826 g/mol. The van der Waals surface area contributed by atoms with Crippen molar-refractivity contribution in [2.45, 2.75) is 77.0 Å². The first-order valence-electron chi connectivity index (χ1n) is 18.9. The van der Waals surface area contributed by atoms with Crippen LogP contribution in [0.1, 0.15) is 49.4 Å². The fourth-order valence-corrected chi connectivity index (χ4v) is 5.62. The summed E-state index contributed by atoms with van der Waals surface area (Å²) in [4.78, 5) is 75.7. The minimum atomic E-state index is -1.43. The van der Waals surface area contributed by atoms with Gasteiger partial charge in [0.15, 0.2) is 11.5 Å². The molecule has 0 heterocycles. The van der Waals surface area contributed by atoms with E-state index in [0.717, 1.165) is 18.2 Å². The molecule has 4 amide bonds. The second-order valence-electron chi connectivity index (χ2n) is 14.4. The standard InChI is InChI=1S/C44H50N4O12/c1-44(2,3)60-43(54)47-33(25-38(45)49)39(50)46-34(40(51)55-4)22-28-16-19-32(20-17-28)59-37-24-31(18-21-36(37)57-26-29-12-8-6-9-13-29)23-35(41(52)56-5)48-42(53)58-27-30-14-10-7-11-15-30/h6-21,24,33-35H,22-23,25-27H2,1-5H3,(H2,45,49)(H,46,50)(H,47,54)(H,48,53)/t33-,34-,35-/m0/s1. The molecule has 4 rings (SSSR count). The van der Waals surface area contributed by atoms with Gasteiger partial charge in [-0.15, -0.1) is 0 Å². The number of carbonyl (C=O) groups excluding carboxylic acids is 6. The van der Waals surface area contributed by atoms with Crippen molar-refractivity contribution in [3.05, 3.63) is 125 Å². The van der Waals surface area contributed by atoms with Crippen LogP contribution in [0.5, 0.6) is 17.2 Å². The van der Waals surface area contributed by atoms with E-state index in [-0.39, 0.29) is 26.1 Å². The third-order valence-electron chi connectivity index (χ3n) is 8.48. The second kappa shape index (κ2) is 22.2. The lowest BCUT2D eigenvalue weighted by molar-refractivity contribution is -0.145. The quantitative estimate of drug-likeness (QED) is 0.0722. The molecule has 0 aliphatic rings. The number of nitrogens with one attached hydrogen (secondary N) is 3. The van der Waals surface area contributed by atoms with Crippen LogP contribution in [0.4, 0.5) is 9.59 Å². The van der Waals surface area contributed by atoms with E-state index in [1.54, 1.807) is 75.4 Å². The van der Waals surface area contributed by atoms with Gasteiger partial charge in [-0.05, 0) is 67.3 Å². The van der Waals surface area contributed by atoms with Gasteiger partial charge in [-0.3, -0.25) is 9.59 Å². The van der Waals surface area contributed by atoms with Crippen LogP contribution in [0.25, 0.3) is 0 Å². The Labute approximate surface area is 348 Å². The molecule has 0 unspecified atom stereocenters. The third-order valence-corrected chi connectivity index (χ3v) is 8.48. The molecule has 0 aliphatic carbocycles. The van der Waals surface area contributed by atoms with E-state index in [0.29, 0.717) is 28.4 Å². The van der Waals surface area contributed by atoms with Gasteiger partial charge < -0.3 is 50.1 Å². The molecule has 16 nitrogen and oxygen atoms in total. The number of alkyl carbamates (subject to hydrolysis) is 2. The highest BCUT2D eigenvalue weighted by molar-refractivity contribution is 5.93. The second-order valence-corrected chi connectivity index (χ2v) is 14.4. The average Bonchev–Trinajstić information content (AvgIpc) is 3.21. The van der Waals surface area contributed by atoms with Crippen LogP contribution in [-0.2, 0) is 64.2 Å². The summed E-state index contributed by atoms with van der Waals surface area (Å²) in [5.74, 6) is -2.13. The summed E-state index contributed by atoms with van der Waals surface area (Å²) >= 11 is 0. The van der Waals surface area contributed by atoms with Gasteiger partial charge in [0.1, 0.15) is 42.7 Å². The number of nitrogens with two attached hydrogens (primary N) is 1. The molecule has 0 bridgehead atoms. The van der Waals surface area contributed by atoms with E-state index >= 15 is 0 Å². The number of methoxy groups -OCH3 is 2. The van der Waals surface area contributed by atoms with E-state index in [2.05, 4.69) is 16.0 Å². The number of carbonyl (C=O) groups is 6. The van der Waals surface area contributed by atoms with Crippen molar-refractivity contribution >= 4 is 35.9 Å². The summed E-state index contributed by atoms with van der Waals surface area (Å²) in [7, 11) is 2.38. The molecule has 4 aromatic carbocycles. The molecule has 0 saturated carbocycles. The zero-order valence-electron chi connectivity index (χ0n) is 34.1. The fraction of sp³-hybridized carbons (Fsp3) is 0.318. The first-order valence-corrected chi connectivity index (χ1v) is 18.9. The molecule has 0 radical (unpaired) electrons. The summed E-state index contributed by atoms with van der Waals surface area (Å²) in [6, 6.07) is 26.6. The normalized spacial score (nSPS) is 12.3. The van der Waals surface area contributed by atoms with Crippen molar-refractivity contribution in [3.8, 4) is 17.2 Å². The third kappa shape index (κ3) is 15.3. The fourth-order valence-electron chi connectivity index (χ4n) is 5.62. The summed E-state index contributed by atoms with van der Waals surface area (Å²) in [6.45, 7) is 5.13. The highest BCUT2D eigenvalue weighted by atomic mass is 16.6. The van der Waals surface area contributed by atoms with Crippen LogP contribution < -0.4 is 31.2 Å². The molecule has 0 saturated heterocycles. The Morgan fingerprint density at radius 3 is 1.70 bits per heavy atom. The van der Waals surface area contributed by atoms with Gasteiger partial charge in [0, 0.05) is 12.8 Å². The lowest BCUT2D eigenvalue weighted by atomic mass is 10.0. The number of esters is 2. The van der Waals surface area contributed by atoms with Crippen LogP contribution in [0.2, 0.25) is 0 Å². The van der Waals surface area contributed by atoms with E-state index in [9.17, 15) is 28.8 Å². The molecule has 16 heteroatoms. The van der Waals surface area contributed by atoms with Crippen molar-refractivity contribution in [3.63, 3.8) is 0 Å². The van der Waals surface area contributed by atoms with E-state index < -0.39 is 66.1 Å². The van der Waals surface area contributed by atoms with E-state index in [1.165, 1.54) is 7.11 Å². The first kappa shape index (κ1) is 45.6. The van der Waals surface area contributed by atoms with Gasteiger partial charge in [-0.1, -0.05) is 78.9 Å². The minimum absolute atomic E-state index is 0.00747. The van der Waals surface area contributed by atoms with Crippen molar-refractivity contribution in [2.75, 3.05) is 14.2 Å². The topological polar surface area (TPSA) is 220 Å². The Morgan fingerprint density at radius 2 is 1.13 bits per heavy atom. The molecule has 60 heavy (non-hydrogen) atoms. The molecule has 0 aromatic heterocycles. The minimum Gasteiger partial charge on any atom is -0.485 e. The Kier molecular flexibility index (Phi) is 16.8. The summed E-state index contributed by atoms with van der Waals surface area (Å²) in [5, 5.41) is 7.44. The Bertz CT molecular complexity index is 2070. The maximum absolute atomic E-state index is 13.2. The molecule has 0 aliphatic heterocycles. The van der Waals surface area contributed by atoms with Crippen LogP contribution in [-0.4, -0.2) is 73.9 Å². The first-order chi connectivity index (χ1) is 28.6. The number of rotatable bonds is 19. The summed E-state index contributed by atoms with van der Waals surface area (Å²) < 4.78 is 32.9. The van der Waals surface area contributed by atoms with Crippen LogP contribution in [0.15, 0.2) is 103 Å². The number of primary amides is 1. The number of hydrogen-bond donors (Lipinski definition) is 4. The van der Waals surface area contributed by atoms with Gasteiger partial charge in [0.05, 0.1) is 20.6 Å². The van der Waals surface area contributed by atoms with E-state index in [1.807, 2.05) is 48.5 Å². The van der Waals surface area contributed by atoms with Gasteiger partial charge in [0.2, 0.25) is 11.8 Å². The maximum atomic E-state index is 13.2. The molecule has 4 aromatic rings. The number of hydrogen-bond acceptors (Lipinski definition) is 12. The molecule has 0 spiro atoms. The van der Waals surface area contributed by atoms with Crippen molar-refractivity contribution in [1.29, 1.82) is 0 Å². The predicted molar refractivity (Wildman–Crippen MR) is 218 cm³/mol. The predicted octanol–water partition coefficient (Wildman–Crippen LogP) is 5.04. The van der Waals surface area contributed by atoms with Crippen molar-refractivity contribution < 1.29 is 57.2 Å². The van der Waals surface area contributed by atoms with Crippen LogP contribution in [0, 0.1) is 0 Å². The molecule has 3 atom stereocenters. The maximum Gasteiger partial charge on any atom is 0.408 e. The van der Waals surface area contributed by atoms with E-state index in [4.69, 9.17) is 34.2 Å². The number of ether oxygens (including phenoxy) is 6. The smallest absolute Gasteiger partial charge is 0.408 e. The molecule has 318 valence electrons. The summed E-state index contributed by atoms with van der Waals surface area (Å²) in [5.41, 5.74) is 7.32. The molecule has 5 N–H and O–H groups in total. The van der Waals surface area contributed by atoms with Gasteiger partial charge >= 0.3 is 24.1 Å². The average molecular weight is 827 g/mol. The number of benzene rings is 4.